The second-order valence-corrected chi connectivity index (χ2v) is 4.52. The van der Waals surface area contributed by atoms with Crippen LogP contribution in [0.4, 0.5) is 0 Å². The Bertz CT molecular complexity index is 531. The number of oxazole rings is 1. The van der Waals surface area contributed by atoms with E-state index < -0.39 is 0 Å². The molecule has 0 amide bonds. The fourth-order valence-corrected chi connectivity index (χ4v) is 2.53. The average Bonchev–Trinajstić information content (AvgIpc) is 2.86. The quantitative estimate of drug-likeness (QED) is 0.859. The normalized spacial score (nSPS) is 14.6. The largest absolute Gasteiger partial charge is 0.446 e. The van der Waals surface area contributed by atoms with Gasteiger partial charge in [-0.2, -0.15) is 0 Å². The number of nitrogens with zero attached hydrogens (tertiary/aromatic N) is 1. The van der Waals surface area contributed by atoms with Gasteiger partial charge in [-0.05, 0) is 42.9 Å². The summed E-state index contributed by atoms with van der Waals surface area (Å²) in [7, 11) is 0. The van der Waals surface area contributed by atoms with Gasteiger partial charge in [-0.15, -0.1) is 0 Å². The topological polar surface area (TPSA) is 52.0 Å². The van der Waals surface area contributed by atoms with Crippen molar-refractivity contribution in [3.63, 3.8) is 0 Å². The minimum Gasteiger partial charge on any atom is -0.446 e. The molecule has 1 aromatic heterocycles. The zero-order chi connectivity index (χ0) is 11.7. The van der Waals surface area contributed by atoms with Gasteiger partial charge in [-0.3, -0.25) is 0 Å². The first-order chi connectivity index (χ1) is 8.38. The van der Waals surface area contributed by atoms with Crippen molar-refractivity contribution in [1.29, 1.82) is 0 Å². The van der Waals surface area contributed by atoms with Crippen molar-refractivity contribution >= 4 is 0 Å². The van der Waals surface area contributed by atoms with Crippen LogP contribution in [0.5, 0.6) is 0 Å². The second kappa shape index (κ2) is 4.34. The molecule has 0 fully saturated rings. The molecule has 2 N–H and O–H groups in total. The molecule has 0 aliphatic heterocycles. The Hall–Kier alpha value is -1.61. The van der Waals surface area contributed by atoms with Crippen molar-refractivity contribution in [3.05, 3.63) is 41.5 Å². The summed E-state index contributed by atoms with van der Waals surface area (Å²) in [4.78, 5) is 4.26. The van der Waals surface area contributed by atoms with Crippen LogP contribution in [-0.2, 0) is 19.4 Å². The van der Waals surface area contributed by atoms with Gasteiger partial charge in [-0.25, -0.2) is 4.98 Å². The Kier molecular flexibility index (Phi) is 2.69. The summed E-state index contributed by atoms with van der Waals surface area (Å²) in [6.07, 6.45) is 6.46. The Morgan fingerprint density at radius 3 is 2.82 bits per heavy atom. The number of fused-ring (bicyclic) bond motifs is 1. The molecule has 0 unspecified atom stereocenters. The summed E-state index contributed by atoms with van der Waals surface area (Å²) in [5, 5.41) is 0. The number of rotatable bonds is 2. The minimum atomic E-state index is 0.395. The van der Waals surface area contributed by atoms with Crippen LogP contribution in [0.2, 0.25) is 0 Å². The van der Waals surface area contributed by atoms with E-state index in [1.807, 2.05) is 0 Å². The highest BCUT2D eigenvalue weighted by Crippen LogP contribution is 2.28. The van der Waals surface area contributed by atoms with Crippen LogP contribution in [0, 0.1) is 0 Å². The predicted octanol–water partition coefficient (Wildman–Crippen LogP) is 2.68. The zero-order valence-electron chi connectivity index (χ0n) is 9.78. The number of hydrogen-bond acceptors (Lipinski definition) is 3. The van der Waals surface area contributed by atoms with Crippen molar-refractivity contribution in [2.75, 3.05) is 0 Å². The molecule has 3 rings (SSSR count). The lowest BCUT2D eigenvalue weighted by Gasteiger charge is -2.16. The third-order valence-electron chi connectivity index (χ3n) is 3.45. The molecule has 0 saturated carbocycles. The van der Waals surface area contributed by atoms with Gasteiger partial charge < -0.3 is 10.2 Å². The van der Waals surface area contributed by atoms with Gasteiger partial charge in [0.25, 0.3) is 0 Å². The summed E-state index contributed by atoms with van der Waals surface area (Å²) >= 11 is 0. The maximum Gasteiger partial charge on any atom is 0.181 e. The van der Waals surface area contributed by atoms with E-state index >= 15 is 0 Å². The number of nitrogens with two attached hydrogens (primary N) is 1. The Balaban J connectivity index is 2.04. The van der Waals surface area contributed by atoms with Gasteiger partial charge in [-0.1, -0.05) is 12.1 Å². The van der Waals surface area contributed by atoms with E-state index in [1.165, 1.54) is 43.2 Å². The van der Waals surface area contributed by atoms with Crippen LogP contribution < -0.4 is 5.73 Å². The average molecular weight is 228 g/mol. The first kappa shape index (κ1) is 10.5. The van der Waals surface area contributed by atoms with E-state index in [0.717, 1.165) is 17.0 Å². The lowest BCUT2D eigenvalue weighted by atomic mass is 9.90. The van der Waals surface area contributed by atoms with E-state index in [2.05, 4.69) is 23.2 Å². The van der Waals surface area contributed by atoms with Crippen LogP contribution in [0.1, 0.15) is 29.7 Å². The van der Waals surface area contributed by atoms with Crippen molar-refractivity contribution in [3.8, 4) is 11.3 Å². The van der Waals surface area contributed by atoms with Gasteiger partial charge in [0.1, 0.15) is 11.5 Å². The molecule has 1 aliphatic rings. The molecule has 1 aromatic carbocycles. The molecule has 0 bridgehead atoms. The van der Waals surface area contributed by atoms with Gasteiger partial charge in [0.15, 0.2) is 6.39 Å². The number of aryl methyl sites for hydroxylation is 2. The highest BCUT2D eigenvalue weighted by Gasteiger charge is 2.13. The minimum absolute atomic E-state index is 0.395. The molecule has 1 aliphatic carbocycles. The van der Waals surface area contributed by atoms with Gasteiger partial charge in [0.05, 0.1) is 6.54 Å². The molecule has 0 saturated heterocycles. The van der Waals surface area contributed by atoms with Crippen molar-refractivity contribution < 1.29 is 4.42 Å². The monoisotopic (exact) mass is 228 g/mol. The van der Waals surface area contributed by atoms with E-state index in [4.69, 9.17) is 10.2 Å². The molecule has 2 aromatic rings. The molecule has 0 atom stereocenters. The van der Waals surface area contributed by atoms with Gasteiger partial charge >= 0.3 is 0 Å². The van der Waals surface area contributed by atoms with E-state index in [-0.39, 0.29) is 0 Å². The maximum absolute atomic E-state index is 5.64. The van der Waals surface area contributed by atoms with Crippen molar-refractivity contribution in [1.82, 2.24) is 4.98 Å². The molecule has 3 nitrogen and oxygen atoms in total. The summed E-state index contributed by atoms with van der Waals surface area (Å²) in [6.45, 7) is 0.395. The van der Waals surface area contributed by atoms with Gasteiger partial charge in [0.2, 0.25) is 0 Å². The first-order valence-corrected chi connectivity index (χ1v) is 6.13. The highest BCUT2D eigenvalue weighted by molar-refractivity contribution is 5.63. The highest BCUT2D eigenvalue weighted by atomic mass is 16.3. The van der Waals surface area contributed by atoms with E-state index in [1.54, 1.807) is 0 Å². The summed E-state index contributed by atoms with van der Waals surface area (Å²) in [5.74, 6) is 0.765. The smallest absolute Gasteiger partial charge is 0.181 e. The standard InChI is InChI=1S/C14H16N2O/c15-8-13-14(16-9-17-13)12-6-5-10-3-1-2-4-11(10)7-12/h5-7,9H,1-4,8,15H2. The van der Waals surface area contributed by atoms with Crippen LogP contribution in [0.25, 0.3) is 11.3 Å². The van der Waals surface area contributed by atoms with Crippen molar-refractivity contribution in [2.45, 2.75) is 32.2 Å². The predicted molar refractivity (Wildman–Crippen MR) is 66.5 cm³/mol. The SMILES string of the molecule is NCc1ocnc1-c1ccc2c(c1)CCCC2. The molecule has 17 heavy (non-hydrogen) atoms. The summed E-state index contributed by atoms with van der Waals surface area (Å²) in [5.41, 5.74) is 10.6. The lowest BCUT2D eigenvalue weighted by Crippen LogP contribution is -2.03. The van der Waals surface area contributed by atoms with Crippen molar-refractivity contribution in [2.24, 2.45) is 5.73 Å². The number of hydrogen-bond donors (Lipinski definition) is 1. The van der Waals surface area contributed by atoms with E-state index in [0.29, 0.717) is 6.54 Å². The Morgan fingerprint density at radius 2 is 2.00 bits per heavy atom. The third kappa shape index (κ3) is 1.87. The molecule has 88 valence electrons. The number of benzene rings is 1. The molecule has 1 heterocycles. The van der Waals surface area contributed by atoms with Crippen LogP contribution in [0.15, 0.2) is 29.0 Å². The molecular formula is C14H16N2O. The molecule has 0 radical (unpaired) electrons. The van der Waals surface area contributed by atoms with Crippen LogP contribution in [0.3, 0.4) is 0 Å². The van der Waals surface area contributed by atoms with Crippen LogP contribution >= 0.6 is 0 Å². The second-order valence-electron chi connectivity index (χ2n) is 4.52. The Labute approximate surface area is 101 Å². The lowest BCUT2D eigenvalue weighted by molar-refractivity contribution is 0.507. The third-order valence-corrected chi connectivity index (χ3v) is 3.45. The molecule has 0 spiro atoms. The molecule has 3 heteroatoms. The Morgan fingerprint density at radius 1 is 1.18 bits per heavy atom. The van der Waals surface area contributed by atoms with E-state index in [9.17, 15) is 0 Å². The van der Waals surface area contributed by atoms with Gasteiger partial charge in [0, 0.05) is 5.56 Å². The fourth-order valence-electron chi connectivity index (χ4n) is 2.53. The summed E-state index contributed by atoms with van der Waals surface area (Å²) in [6, 6.07) is 6.59. The zero-order valence-corrected chi connectivity index (χ0v) is 9.78. The van der Waals surface area contributed by atoms with Crippen LogP contribution in [-0.4, -0.2) is 4.98 Å². The maximum atomic E-state index is 5.64. The molecular weight excluding hydrogens is 212 g/mol. The fraction of sp³-hybridized carbons (Fsp3) is 0.357. The first-order valence-electron chi connectivity index (χ1n) is 6.13. The summed E-state index contributed by atoms with van der Waals surface area (Å²) < 4.78 is 5.28. The number of aromatic nitrogens is 1.